The summed E-state index contributed by atoms with van der Waals surface area (Å²) in [5, 5.41) is 10.2. The van der Waals surface area contributed by atoms with Gasteiger partial charge in [-0.3, -0.25) is 4.90 Å². The number of aliphatic hydroxyl groups excluding tert-OH is 1. The first-order valence-corrected chi connectivity index (χ1v) is 11.6. The summed E-state index contributed by atoms with van der Waals surface area (Å²) < 4.78 is 5.38. The Bertz CT molecular complexity index is 848. The van der Waals surface area contributed by atoms with E-state index in [0.29, 0.717) is 12.0 Å². The molecule has 4 heteroatoms. The fraction of sp³-hybridized carbons (Fsp3) is 0.538. The van der Waals surface area contributed by atoms with Crippen LogP contribution >= 0.6 is 0 Å². The molecule has 1 saturated carbocycles. The van der Waals surface area contributed by atoms with E-state index >= 15 is 0 Å². The molecule has 0 unspecified atom stereocenters. The Labute approximate surface area is 180 Å². The van der Waals surface area contributed by atoms with Crippen molar-refractivity contribution in [1.82, 2.24) is 9.80 Å². The van der Waals surface area contributed by atoms with Gasteiger partial charge >= 0.3 is 0 Å². The lowest BCUT2D eigenvalue weighted by molar-refractivity contribution is -0.0649. The average molecular weight is 407 g/mol. The molecule has 1 aliphatic carbocycles. The Morgan fingerprint density at radius 2 is 1.80 bits per heavy atom. The molecule has 0 spiro atoms. The monoisotopic (exact) mass is 406 g/mol. The number of nitrogens with zero attached hydrogens (tertiary/aromatic N) is 2. The molecule has 3 atom stereocenters. The van der Waals surface area contributed by atoms with Gasteiger partial charge in [-0.25, -0.2) is 0 Å². The van der Waals surface area contributed by atoms with Gasteiger partial charge in [-0.05, 0) is 73.5 Å². The Balaban J connectivity index is 1.35. The van der Waals surface area contributed by atoms with Gasteiger partial charge in [-0.1, -0.05) is 36.4 Å². The van der Waals surface area contributed by atoms with Crippen LogP contribution in [0.3, 0.4) is 0 Å². The van der Waals surface area contributed by atoms with E-state index in [-0.39, 0.29) is 12.6 Å². The van der Waals surface area contributed by atoms with Crippen molar-refractivity contribution in [3.05, 3.63) is 54.1 Å². The number of ether oxygens (including phenoxy) is 1. The molecule has 0 bridgehead atoms. The third-order valence-electron chi connectivity index (χ3n) is 7.37. The molecule has 2 aromatic carbocycles. The molecule has 2 heterocycles. The zero-order valence-electron chi connectivity index (χ0n) is 18.0. The zero-order chi connectivity index (χ0) is 20.5. The Morgan fingerprint density at radius 1 is 1.00 bits per heavy atom. The largest absolute Gasteiger partial charge is 0.497 e. The zero-order valence-corrected chi connectivity index (χ0v) is 18.0. The quantitative estimate of drug-likeness (QED) is 0.787. The maximum atomic E-state index is 10.2. The van der Waals surface area contributed by atoms with Crippen molar-refractivity contribution in [3.8, 4) is 16.9 Å². The van der Waals surface area contributed by atoms with Gasteiger partial charge in [0.15, 0.2) is 0 Å². The first-order valence-electron chi connectivity index (χ1n) is 11.6. The van der Waals surface area contributed by atoms with E-state index in [9.17, 15) is 5.11 Å². The van der Waals surface area contributed by atoms with Gasteiger partial charge in [0.2, 0.25) is 0 Å². The lowest BCUT2D eigenvalue weighted by atomic mass is 9.74. The van der Waals surface area contributed by atoms with Crippen molar-refractivity contribution in [2.24, 2.45) is 5.92 Å². The van der Waals surface area contributed by atoms with Crippen molar-refractivity contribution in [2.75, 3.05) is 39.9 Å². The summed E-state index contributed by atoms with van der Waals surface area (Å²) in [6.45, 7) is 5.05. The average Bonchev–Trinajstić information content (AvgIpc) is 3.59. The summed E-state index contributed by atoms with van der Waals surface area (Å²) >= 11 is 0. The summed E-state index contributed by atoms with van der Waals surface area (Å²) in [5.74, 6) is 2.25. The van der Waals surface area contributed by atoms with E-state index in [1.165, 1.54) is 55.5 Å². The summed E-state index contributed by atoms with van der Waals surface area (Å²) in [5.41, 5.74) is 3.76. The summed E-state index contributed by atoms with van der Waals surface area (Å²) in [7, 11) is 1.71. The van der Waals surface area contributed by atoms with E-state index in [0.717, 1.165) is 24.8 Å². The minimum atomic E-state index is 0.251. The molecule has 3 fully saturated rings. The number of methoxy groups -OCH3 is 1. The number of benzene rings is 2. The van der Waals surface area contributed by atoms with Crippen LogP contribution in [-0.4, -0.2) is 66.9 Å². The summed E-state index contributed by atoms with van der Waals surface area (Å²) in [6.07, 6.45) is 5.36. The highest BCUT2D eigenvalue weighted by Crippen LogP contribution is 2.43. The predicted octanol–water partition coefficient (Wildman–Crippen LogP) is 4.00. The van der Waals surface area contributed by atoms with E-state index in [2.05, 4.69) is 46.2 Å². The maximum Gasteiger partial charge on any atom is 0.119 e. The van der Waals surface area contributed by atoms with Gasteiger partial charge in [-0.2, -0.15) is 0 Å². The highest BCUT2D eigenvalue weighted by molar-refractivity contribution is 5.65. The SMILES string of the molecule is COc1cccc(-c2ccc([C@H]3[C@@H](CO)N4CCCCN(CC5CC5)C[C@H]34)cc2)c1. The number of hydrogen-bond donors (Lipinski definition) is 1. The van der Waals surface area contributed by atoms with Crippen molar-refractivity contribution >= 4 is 0 Å². The summed E-state index contributed by atoms with van der Waals surface area (Å²) in [6, 6.07) is 18.0. The van der Waals surface area contributed by atoms with Crippen LogP contribution in [0.4, 0.5) is 0 Å². The van der Waals surface area contributed by atoms with Gasteiger partial charge in [-0.15, -0.1) is 0 Å². The molecule has 0 aromatic heterocycles. The van der Waals surface area contributed by atoms with Crippen LogP contribution in [0.5, 0.6) is 5.75 Å². The van der Waals surface area contributed by atoms with Crippen LogP contribution in [0.15, 0.2) is 48.5 Å². The molecule has 2 saturated heterocycles. The van der Waals surface area contributed by atoms with Crippen LogP contribution in [-0.2, 0) is 0 Å². The van der Waals surface area contributed by atoms with E-state index in [1.807, 2.05) is 12.1 Å². The van der Waals surface area contributed by atoms with Crippen LogP contribution in [0.1, 0.15) is 37.2 Å². The van der Waals surface area contributed by atoms with Gasteiger partial charge in [0, 0.05) is 31.1 Å². The standard InChI is InChI=1S/C26H34N2O2/c1-30-23-6-4-5-22(15-23)20-9-11-21(12-10-20)26-24-17-27(16-19-7-8-19)13-2-3-14-28(24)25(26)18-29/h4-6,9-12,15,19,24-26,29H,2-3,7-8,13-14,16-18H2,1H3/t24-,25-,26-/m1/s1. The summed E-state index contributed by atoms with van der Waals surface area (Å²) in [4.78, 5) is 5.29. The fourth-order valence-corrected chi connectivity index (χ4v) is 5.54. The molecular weight excluding hydrogens is 372 g/mol. The molecule has 5 rings (SSSR count). The number of hydrogen-bond acceptors (Lipinski definition) is 4. The minimum Gasteiger partial charge on any atom is -0.497 e. The molecule has 160 valence electrons. The number of rotatable bonds is 6. The smallest absolute Gasteiger partial charge is 0.119 e. The minimum absolute atomic E-state index is 0.251. The Hall–Kier alpha value is -1.88. The first-order chi connectivity index (χ1) is 14.8. The third-order valence-corrected chi connectivity index (χ3v) is 7.37. The highest BCUT2D eigenvalue weighted by atomic mass is 16.5. The van der Waals surface area contributed by atoms with Gasteiger partial charge in [0.25, 0.3) is 0 Å². The van der Waals surface area contributed by atoms with Crippen molar-refractivity contribution in [2.45, 2.75) is 43.7 Å². The number of fused-ring (bicyclic) bond motifs is 1. The van der Waals surface area contributed by atoms with Crippen LogP contribution in [0, 0.1) is 5.92 Å². The molecular formula is C26H34N2O2. The van der Waals surface area contributed by atoms with Crippen molar-refractivity contribution in [3.63, 3.8) is 0 Å². The molecule has 1 N–H and O–H groups in total. The molecule has 0 radical (unpaired) electrons. The highest BCUT2D eigenvalue weighted by Gasteiger charge is 2.49. The Kier molecular flexibility index (Phi) is 5.81. The van der Waals surface area contributed by atoms with Crippen LogP contribution < -0.4 is 4.74 Å². The maximum absolute atomic E-state index is 10.2. The van der Waals surface area contributed by atoms with E-state index in [4.69, 9.17) is 4.74 Å². The normalized spacial score (nSPS) is 27.6. The van der Waals surface area contributed by atoms with Crippen molar-refractivity contribution < 1.29 is 9.84 Å². The van der Waals surface area contributed by atoms with Gasteiger partial charge < -0.3 is 14.7 Å². The molecule has 30 heavy (non-hydrogen) atoms. The van der Waals surface area contributed by atoms with Gasteiger partial charge in [0.05, 0.1) is 13.7 Å². The second-order valence-electron chi connectivity index (χ2n) is 9.34. The molecule has 2 aromatic rings. The number of aliphatic hydroxyl groups is 1. The lowest BCUT2D eigenvalue weighted by Crippen LogP contribution is -2.67. The molecule has 4 nitrogen and oxygen atoms in total. The molecule has 3 aliphatic rings. The molecule has 0 amide bonds. The van der Waals surface area contributed by atoms with Crippen LogP contribution in [0.25, 0.3) is 11.1 Å². The van der Waals surface area contributed by atoms with E-state index < -0.39 is 0 Å². The topological polar surface area (TPSA) is 35.9 Å². The second kappa shape index (κ2) is 8.70. The predicted molar refractivity (Wildman–Crippen MR) is 121 cm³/mol. The lowest BCUT2D eigenvalue weighted by Gasteiger charge is -2.57. The van der Waals surface area contributed by atoms with E-state index in [1.54, 1.807) is 7.11 Å². The van der Waals surface area contributed by atoms with Crippen molar-refractivity contribution in [1.29, 1.82) is 0 Å². The second-order valence-corrected chi connectivity index (χ2v) is 9.34. The Morgan fingerprint density at radius 3 is 2.53 bits per heavy atom. The van der Waals surface area contributed by atoms with Crippen LogP contribution in [0.2, 0.25) is 0 Å². The molecule has 2 aliphatic heterocycles. The third kappa shape index (κ3) is 4.01. The van der Waals surface area contributed by atoms with Gasteiger partial charge in [0.1, 0.15) is 5.75 Å². The first kappa shape index (κ1) is 20.0. The fourth-order valence-electron chi connectivity index (χ4n) is 5.54.